The molecule has 6 nitrogen and oxygen atoms in total. The van der Waals surface area contributed by atoms with Crippen molar-refractivity contribution in [1.82, 2.24) is 9.47 Å². The number of piperidine rings is 1. The Bertz CT molecular complexity index is 836. The molecule has 3 rings (SSSR count). The highest BCUT2D eigenvalue weighted by molar-refractivity contribution is 5.88. The molecule has 2 heterocycles. The molecule has 1 aromatic heterocycles. The number of benzene rings is 1. The number of rotatable bonds is 4. The smallest absolute Gasteiger partial charge is 0.341 e. The summed E-state index contributed by atoms with van der Waals surface area (Å²) in [4.78, 5) is 26.1. The van der Waals surface area contributed by atoms with Gasteiger partial charge in [0.05, 0.1) is 0 Å². The number of carboxylic acids is 1. The standard InChI is InChI=1S/C19H22N2O4/c1-13-5-10-21(18(23)17(13)19(24)25)15-6-8-20(9-7-15)12-14-3-2-4-16(22)11-14/h2-5,10-11,15,22H,6-9,12H2,1H3,(H,24,25). The fourth-order valence-electron chi connectivity index (χ4n) is 3.46. The largest absolute Gasteiger partial charge is 0.508 e. The Hall–Kier alpha value is -2.60. The van der Waals surface area contributed by atoms with E-state index < -0.39 is 11.5 Å². The SMILES string of the molecule is Cc1ccn(C2CCN(Cc3cccc(O)c3)CC2)c(=O)c1C(=O)O. The number of aromatic nitrogens is 1. The van der Waals surface area contributed by atoms with Gasteiger partial charge in [-0.1, -0.05) is 12.1 Å². The van der Waals surface area contributed by atoms with E-state index in [1.165, 1.54) is 0 Å². The Morgan fingerprint density at radius 2 is 1.96 bits per heavy atom. The van der Waals surface area contributed by atoms with E-state index in [2.05, 4.69) is 4.90 Å². The minimum Gasteiger partial charge on any atom is -0.508 e. The van der Waals surface area contributed by atoms with Gasteiger partial charge in [-0.15, -0.1) is 0 Å². The monoisotopic (exact) mass is 342 g/mol. The average molecular weight is 342 g/mol. The van der Waals surface area contributed by atoms with Crippen molar-refractivity contribution in [3.05, 3.63) is 63.6 Å². The summed E-state index contributed by atoms with van der Waals surface area (Å²) in [5, 5.41) is 18.8. The Labute approximate surface area is 146 Å². The van der Waals surface area contributed by atoms with E-state index in [4.69, 9.17) is 0 Å². The summed E-state index contributed by atoms with van der Waals surface area (Å²) in [5.41, 5.74) is 0.998. The molecule has 0 spiro atoms. The highest BCUT2D eigenvalue weighted by Gasteiger charge is 2.24. The molecule has 0 radical (unpaired) electrons. The van der Waals surface area contributed by atoms with Crippen LogP contribution >= 0.6 is 0 Å². The average Bonchev–Trinajstić information content (AvgIpc) is 2.56. The van der Waals surface area contributed by atoms with Crippen molar-refractivity contribution in [3.8, 4) is 5.75 Å². The van der Waals surface area contributed by atoms with Crippen LogP contribution < -0.4 is 5.56 Å². The van der Waals surface area contributed by atoms with Gasteiger partial charge in [0, 0.05) is 31.9 Å². The Kier molecular flexibility index (Phi) is 4.90. The topological polar surface area (TPSA) is 82.8 Å². The predicted octanol–water partition coefficient (Wildman–Crippen LogP) is 2.40. The van der Waals surface area contributed by atoms with Gasteiger partial charge in [-0.2, -0.15) is 0 Å². The zero-order valence-electron chi connectivity index (χ0n) is 14.2. The Balaban J connectivity index is 1.70. The lowest BCUT2D eigenvalue weighted by Gasteiger charge is -2.33. The van der Waals surface area contributed by atoms with E-state index >= 15 is 0 Å². The van der Waals surface area contributed by atoms with Gasteiger partial charge in [-0.3, -0.25) is 9.69 Å². The van der Waals surface area contributed by atoms with Gasteiger partial charge in [0.15, 0.2) is 0 Å². The van der Waals surface area contributed by atoms with Crippen LogP contribution in [0.4, 0.5) is 0 Å². The van der Waals surface area contributed by atoms with Crippen molar-refractivity contribution in [3.63, 3.8) is 0 Å². The number of hydrogen-bond donors (Lipinski definition) is 2. The first-order valence-electron chi connectivity index (χ1n) is 8.41. The van der Waals surface area contributed by atoms with Gasteiger partial charge in [0.1, 0.15) is 11.3 Å². The molecule has 0 amide bonds. The molecule has 0 atom stereocenters. The van der Waals surface area contributed by atoms with Gasteiger partial charge in [-0.25, -0.2) is 4.79 Å². The maximum Gasteiger partial charge on any atom is 0.341 e. The number of likely N-dealkylation sites (tertiary alicyclic amines) is 1. The lowest BCUT2D eigenvalue weighted by atomic mass is 10.0. The second-order valence-corrected chi connectivity index (χ2v) is 6.57. The molecule has 2 aromatic rings. The van der Waals surface area contributed by atoms with Crippen LogP contribution in [0.5, 0.6) is 5.75 Å². The summed E-state index contributed by atoms with van der Waals surface area (Å²) in [6, 6.07) is 8.94. The first-order chi connectivity index (χ1) is 12.0. The fourth-order valence-corrected chi connectivity index (χ4v) is 3.46. The summed E-state index contributed by atoms with van der Waals surface area (Å²) >= 11 is 0. The first-order valence-corrected chi connectivity index (χ1v) is 8.41. The maximum absolute atomic E-state index is 12.5. The number of carboxylic acid groups (broad SMARTS) is 1. The van der Waals surface area contributed by atoms with Gasteiger partial charge in [0.2, 0.25) is 0 Å². The third-order valence-corrected chi connectivity index (χ3v) is 4.81. The van der Waals surface area contributed by atoms with E-state index in [0.717, 1.165) is 38.0 Å². The van der Waals surface area contributed by atoms with Gasteiger partial charge in [0.25, 0.3) is 5.56 Å². The minimum absolute atomic E-state index is 0.0200. The molecular formula is C19H22N2O4. The molecule has 1 saturated heterocycles. The third-order valence-electron chi connectivity index (χ3n) is 4.81. The number of phenolic OH excluding ortho intramolecular Hbond substituents is 1. The number of hydrogen-bond acceptors (Lipinski definition) is 4. The molecule has 0 bridgehead atoms. The zero-order valence-corrected chi connectivity index (χ0v) is 14.2. The molecule has 2 N–H and O–H groups in total. The molecule has 132 valence electrons. The van der Waals surface area contributed by atoms with Crippen molar-refractivity contribution in [2.24, 2.45) is 0 Å². The molecule has 0 saturated carbocycles. The lowest BCUT2D eigenvalue weighted by Crippen LogP contribution is -2.38. The normalized spacial score (nSPS) is 16.0. The first kappa shape index (κ1) is 17.2. The van der Waals surface area contributed by atoms with E-state index in [9.17, 15) is 19.8 Å². The molecule has 1 aliphatic heterocycles. The van der Waals surface area contributed by atoms with E-state index in [-0.39, 0.29) is 17.4 Å². The fraction of sp³-hybridized carbons (Fsp3) is 0.368. The number of aromatic hydroxyl groups is 1. The van der Waals surface area contributed by atoms with Crippen LogP contribution in [-0.4, -0.2) is 38.7 Å². The van der Waals surface area contributed by atoms with Gasteiger partial charge in [-0.05, 0) is 49.1 Å². The van der Waals surface area contributed by atoms with Crippen LogP contribution in [0.15, 0.2) is 41.3 Å². The highest BCUT2D eigenvalue weighted by atomic mass is 16.4. The van der Waals surface area contributed by atoms with Crippen LogP contribution in [0.25, 0.3) is 0 Å². The third kappa shape index (κ3) is 3.74. The number of pyridine rings is 1. The number of aryl methyl sites for hydroxylation is 1. The van der Waals surface area contributed by atoms with E-state index in [0.29, 0.717) is 5.56 Å². The van der Waals surface area contributed by atoms with Crippen LogP contribution in [0, 0.1) is 6.92 Å². The predicted molar refractivity (Wildman–Crippen MR) is 94.1 cm³/mol. The van der Waals surface area contributed by atoms with Crippen molar-refractivity contribution >= 4 is 5.97 Å². The molecule has 0 aliphatic carbocycles. The Morgan fingerprint density at radius 1 is 1.24 bits per heavy atom. The van der Waals surface area contributed by atoms with E-state index in [1.807, 2.05) is 12.1 Å². The van der Waals surface area contributed by atoms with Crippen LogP contribution in [0.3, 0.4) is 0 Å². The summed E-state index contributed by atoms with van der Waals surface area (Å²) in [6.45, 7) is 4.05. The highest BCUT2D eigenvalue weighted by Crippen LogP contribution is 2.23. The van der Waals surface area contributed by atoms with Crippen LogP contribution in [0.2, 0.25) is 0 Å². The lowest BCUT2D eigenvalue weighted by molar-refractivity contribution is 0.0692. The summed E-state index contributed by atoms with van der Waals surface area (Å²) in [7, 11) is 0. The maximum atomic E-state index is 12.5. The molecule has 6 heteroatoms. The molecule has 25 heavy (non-hydrogen) atoms. The summed E-state index contributed by atoms with van der Waals surface area (Å²) in [5.74, 6) is -0.905. The number of carbonyl (C=O) groups is 1. The molecule has 1 fully saturated rings. The molecule has 1 aliphatic rings. The van der Waals surface area contributed by atoms with Gasteiger partial charge >= 0.3 is 5.97 Å². The van der Waals surface area contributed by atoms with E-state index in [1.54, 1.807) is 35.9 Å². The summed E-state index contributed by atoms with van der Waals surface area (Å²) < 4.78 is 1.57. The molecule has 0 unspecified atom stereocenters. The number of aromatic carboxylic acids is 1. The zero-order chi connectivity index (χ0) is 18.0. The second kappa shape index (κ2) is 7.11. The molecular weight excluding hydrogens is 320 g/mol. The Morgan fingerprint density at radius 3 is 2.60 bits per heavy atom. The van der Waals surface area contributed by atoms with Crippen LogP contribution in [0.1, 0.15) is 40.4 Å². The van der Waals surface area contributed by atoms with Crippen molar-refractivity contribution in [2.45, 2.75) is 32.4 Å². The number of phenols is 1. The quantitative estimate of drug-likeness (QED) is 0.891. The molecule has 1 aromatic carbocycles. The summed E-state index contributed by atoms with van der Waals surface area (Å²) in [6.07, 6.45) is 3.29. The second-order valence-electron chi connectivity index (χ2n) is 6.57. The number of nitrogens with zero attached hydrogens (tertiary/aromatic N) is 2. The van der Waals surface area contributed by atoms with Crippen LogP contribution in [-0.2, 0) is 6.54 Å². The minimum atomic E-state index is -1.17. The van der Waals surface area contributed by atoms with Gasteiger partial charge < -0.3 is 14.8 Å². The van der Waals surface area contributed by atoms with Crippen molar-refractivity contribution in [1.29, 1.82) is 0 Å². The van der Waals surface area contributed by atoms with Crippen molar-refractivity contribution < 1.29 is 15.0 Å². The van der Waals surface area contributed by atoms with Crippen molar-refractivity contribution in [2.75, 3.05) is 13.1 Å².